The van der Waals surface area contributed by atoms with Crippen LogP contribution >= 0.6 is 0 Å². The van der Waals surface area contributed by atoms with Gasteiger partial charge in [-0.25, -0.2) is 9.78 Å². The minimum atomic E-state index is -0.907. The van der Waals surface area contributed by atoms with E-state index in [-0.39, 0.29) is 6.42 Å². The molecule has 5 N–H and O–H groups in total. The molecule has 38 heavy (non-hydrogen) atoms. The molecule has 0 unspecified atom stereocenters. The van der Waals surface area contributed by atoms with Crippen molar-refractivity contribution < 1.29 is 14.3 Å². The second-order valence-electron chi connectivity index (χ2n) is 9.16. The number of rotatable bonds is 9. The van der Waals surface area contributed by atoms with E-state index in [1.807, 2.05) is 72.9 Å². The van der Waals surface area contributed by atoms with Gasteiger partial charge < -0.3 is 25.8 Å². The number of hydrogen-bond acceptors (Lipinski definition) is 5. The van der Waals surface area contributed by atoms with Gasteiger partial charge in [-0.1, -0.05) is 72.8 Å². The quantitative estimate of drug-likeness (QED) is 0.225. The van der Waals surface area contributed by atoms with Crippen molar-refractivity contribution in [1.82, 2.24) is 20.3 Å². The Bertz CT molecular complexity index is 1540. The summed E-state index contributed by atoms with van der Waals surface area (Å²) in [6, 6.07) is 24.3. The summed E-state index contributed by atoms with van der Waals surface area (Å²) in [5.41, 5.74) is 12.0. The first-order valence-electron chi connectivity index (χ1n) is 12.4. The maximum absolute atomic E-state index is 12.9. The number of para-hydroxylation sites is 1. The third-order valence-electron chi connectivity index (χ3n) is 6.57. The molecule has 3 aromatic carbocycles. The topological polar surface area (TPSA) is 126 Å². The number of nitrogens with one attached hydrogen (secondary N) is 3. The number of amides is 1. The lowest BCUT2D eigenvalue weighted by Gasteiger charge is -2.18. The van der Waals surface area contributed by atoms with Crippen molar-refractivity contribution in [2.75, 3.05) is 7.11 Å². The van der Waals surface area contributed by atoms with E-state index in [4.69, 9.17) is 10.5 Å². The molecule has 0 spiro atoms. The molecular weight excluding hydrogens is 478 g/mol. The highest BCUT2D eigenvalue weighted by molar-refractivity contribution is 5.89. The van der Waals surface area contributed by atoms with Crippen molar-refractivity contribution in [3.8, 4) is 22.5 Å². The molecule has 2 heterocycles. The predicted octanol–water partition coefficient (Wildman–Crippen LogP) is 4.00. The fraction of sp³-hybridized carbons (Fsp3) is 0.167. The number of aromatic nitrogens is 3. The van der Waals surface area contributed by atoms with E-state index < -0.39 is 24.0 Å². The van der Waals surface area contributed by atoms with E-state index >= 15 is 0 Å². The van der Waals surface area contributed by atoms with Crippen molar-refractivity contribution >= 4 is 22.8 Å². The van der Waals surface area contributed by atoms with Crippen molar-refractivity contribution in [2.45, 2.75) is 24.9 Å². The Balaban J connectivity index is 1.25. The maximum Gasteiger partial charge on any atom is 0.328 e. The summed E-state index contributed by atoms with van der Waals surface area (Å²) in [6.45, 7) is 0. The minimum Gasteiger partial charge on any atom is -0.467 e. The van der Waals surface area contributed by atoms with Gasteiger partial charge in [0.15, 0.2) is 0 Å². The lowest BCUT2D eigenvalue weighted by molar-refractivity contribution is -0.145. The molecule has 5 rings (SSSR count). The van der Waals surface area contributed by atoms with Crippen LogP contribution in [-0.4, -0.2) is 46.0 Å². The van der Waals surface area contributed by atoms with Crippen LogP contribution in [0.25, 0.3) is 33.4 Å². The Morgan fingerprint density at radius 2 is 1.61 bits per heavy atom. The van der Waals surface area contributed by atoms with Gasteiger partial charge in [-0.05, 0) is 29.2 Å². The second kappa shape index (κ2) is 11.1. The summed E-state index contributed by atoms with van der Waals surface area (Å²) in [7, 11) is 1.29. The van der Waals surface area contributed by atoms with Gasteiger partial charge in [0.25, 0.3) is 0 Å². The van der Waals surface area contributed by atoms with Gasteiger partial charge in [0.05, 0.1) is 13.2 Å². The van der Waals surface area contributed by atoms with E-state index in [1.165, 1.54) is 7.11 Å². The molecule has 0 radical (unpaired) electrons. The lowest BCUT2D eigenvalue weighted by atomic mass is 10.0. The highest BCUT2D eigenvalue weighted by Crippen LogP contribution is 2.23. The van der Waals surface area contributed by atoms with Gasteiger partial charge in [0.2, 0.25) is 5.91 Å². The molecule has 192 valence electrons. The predicted molar refractivity (Wildman–Crippen MR) is 147 cm³/mol. The number of methoxy groups -OCH3 is 1. The highest BCUT2D eigenvalue weighted by Gasteiger charge is 2.26. The SMILES string of the molecule is COC(=O)[C@H](Cc1cnc(-c2ccc(-c3ccccc3)cc2)[nH]1)NC(=O)[C@@H](N)Cc1c[nH]c2ccccc12. The molecule has 0 fully saturated rings. The second-order valence-corrected chi connectivity index (χ2v) is 9.16. The first-order valence-corrected chi connectivity index (χ1v) is 12.4. The molecular formula is C30H29N5O3. The molecule has 0 bridgehead atoms. The van der Waals surface area contributed by atoms with Crippen LogP contribution in [0.1, 0.15) is 11.3 Å². The number of fused-ring (bicyclic) bond motifs is 1. The molecule has 0 saturated heterocycles. The van der Waals surface area contributed by atoms with Crippen molar-refractivity contribution in [2.24, 2.45) is 5.73 Å². The van der Waals surface area contributed by atoms with E-state index in [0.29, 0.717) is 17.9 Å². The largest absolute Gasteiger partial charge is 0.467 e. The maximum atomic E-state index is 12.9. The normalized spacial score (nSPS) is 12.7. The number of benzene rings is 3. The number of nitrogens with zero attached hydrogens (tertiary/aromatic N) is 1. The van der Waals surface area contributed by atoms with Crippen LogP contribution in [0, 0.1) is 0 Å². The van der Waals surface area contributed by atoms with Crippen LogP contribution in [-0.2, 0) is 27.2 Å². The number of aromatic amines is 2. The van der Waals surface area contributed by atoms with Crippen molar-refractivity contribution in [3.63, 3.8) is 0 Å². The molecule has 0 aliphatic rings. The van der Waals surface area contributed by atoms with Crippen LogP contribution in [0.15, 0.2) is 91.3 Å². The number of carbonyl (C=O) groups excluding carboxylic acids is 2. The minimum absolute atomic E-state index is 0.188. The van der Waals surface area contributed by atoms with Crippen LogP contribution in [0.3, 0.4) is 0 Å². The third kappa shape index (κ3) is 5.50. The molecule has 2 aromatic heterocycles. The fourth-order valence-corrected chi connectivity index (χ4v) is 4.53. The number of nitrogens with two attached hydrogens (primary N) is 1. The summed E-state index contributed by atoms with van der Waals surface area (Å²) >= 11 is 0. The number of imidazole rings is 1. The summed E-state index contributed by atoms with van der Waals surface area (Å²) < 4.78 is 4.94. The average molecular weight is 508 g/mol. The molecule has 8 heteroatoms. The number of hydrogen-bond donors (Lipinski definition) is 4. The fourth-order valence-electron chi connectivity index (χ4n) is 4.53. The zero-order valence-electron chi connectivity index (χ0n) is 21.0. The summed E-state index contributed by atoms with van der Waals surface area (Å²) in [6.07, 6.45) is 4.03. The molecule has 0 aliphatic heterocycles. The molecule has 8 nitrogen and oxygen atoms in total. The Hall–Kier alpha value is -4.69. The Morgan fingerprint density at radius 1 is 0.921 bits per heavy atom. The Kier molecular flexibility index (Phi) is 7.33. The molecule has 1 amide bonds. The zero-order chi connectivity index (χ0) is 26.5. The monoisotopic (exact) mass is 507 g/mol. The zero-order valence-corrected chi connectivity index (χ0v) is 21.0. The van der Waals surface area contributed by atoms with E-state index in [1.54, 1.807) is 6.20 Å². The summed E-state index contributed by atoms with van der Waals surface area (Å²) in [4.78, 5) is 36.3. The van der Waals surface area contributed by atoms with E-state index in [2.05, 4.69) is 32.4 Å². The molecule has 0 aliphatic carbocycles. The van der Waals surface area contributed by atoms with Gasteiger partial charge in [-0.15, -0.1) is 0 Å². The highest BCUT2D eigenvalue weighted by atomic mass is 16.5. The van der Waals surface area contributed by atoms with Gasteiger partial charge in [0.1, 0.15) is 11.9 Å². The van der Waals surface area contributed by atoms with E-state index in [0.717, 1.165) is 33.2 Å². The van der Waals surface area contributed by atoms with Gasteiger partial charge in [-0.3, -0.25) is 4.79 Å². The number of carbonyl (C=O) groups is 2. The standard InChI is InChI=1S/C30H29N5O3/c1-38-30(37)27(35-29(36)25(31)15-22-17-32-26-10-6-5-9-24(22)26)16-23-18-33-28(34-23)21-13-11-20(12-14-21)19-7-3-2-4-8-19/h2-14,17-18,25,27,32H,15-16,31H2,1H3,(H,33,34)(H,35,36)/t25-,27-/m0/s1. The van der Waals surface area contributed by atoms with Crippen molar-refractivity contribution in [3.05, 3.63) is 103 Å². The summed E-state index contributed by atoms with van der Waals surface area (Å²) in [5.74, 6) is -0.312. The van der Waals surface area contributed by atoms with Crippen LogP contribution in [0.2, 0.25) is 0 Å². The first kappa shape index (κ1) is 25.0. The lowest BCUT2D eigenvalue weighted by Crippen LogP contribution is -2.50. The Labute approximate surface area is 220 Å². The summed E-state index contributed by atoms with van der Waals surface area (Å²) in [5, 5.41) is 3.77. The van der Waals surface area contributed by atoms with Gasteiger partial charge in [-0.2, -0.15) is 0 Å². The van der Waals surface area contributed by atoms with Crippen LogP contribution < -0.4 is 11.1 Å². The third-order valence-corrected chi connectivity index (χ3v) is 6.57. The van der Waals surface area contributed by atoms with E-state index in [9.17, 15) is 9.59 Å². The van der Waals surface area contributed by atoms with Crippen LogP contribution in [0.4, 0.5) is 0 Å². The number of esters is 1. The first-order chi connectivity index (χ1) is 18.5. The average Bonchev–Trinajstić information content (AvgIpc) is 3.60. The van der Waals surface area contributed by atoms with Gasteiger partial charge >= 0.3 is 5.97 Å². The number of H-pyrrole nitrogens is 2. The molecule has 5 aromatic rings. The Morgan fingerprint density at radius 3 is 2.37 bits per heavy atom. The van der Waals surface area contributed by atoms with Crippen LogP contribution in [0.5, 0.6) is 0 Å². The van der Waals surface area contributed by atoms with Gasteiger partial charge in [0, 0.05) is 41.0 Å². The number of ether oxygens (including phenoxy) is 1. The molecule has 0 saturated carbocycles. The molecule has 2 atom stereocenters. The smallest absolute Gasteiger partial charge is 0.328 e. The van der Waals surface area contributed by atoms with Crippen molar-refractivity contribution in [1.29, 1.82) is 0 Å².